The van der Waals surface area contributed by atoms with Crippen molar-refractivity contribution < 1.29 is 0 Å². The predicted octanol–water partition coefficient (Wildman–Crippen LogP) is 2.83. The van der Waals surface area contributed by atoms with Crippen LogP contribution in [0.4, 0.5) is 0 Å². The van der Waals surface area contributed by atoms with Gasteiger partial charge in [0.2, 0.25) is 0 Å². The van der Waals surface area contributed by atoms with Gasteiger partial charge in [0.15, 0.2) is 0 Å². The molecule has 1 aromatic heterocycles. The highest BCUT2D eigenvalue weighted by atomic mass is 32.1. The van der Waals surface area contributed by atoms with E-state index in [0.717, 1.165) is 24.9 Å². The SMILES string of the molecule is Cc1ncsc1CNCC(C)C(C)C. The molecule has 0 aliphatic rings. The van der Waals surface area contributed by atoms with Crippen molar-refractivity contribution in [3.05, 3.63) is 16.1 Å². The smallest absolute Gasteiger partial charge is 0.0798 e. The molecule has 2 nitrogen and oxygen atoms in total. The molecule has 0 aliphatic heterocycles. The van der Waals surface area contributed by atoms with Gasteiger partial charge in [-0.2, -0.15) is 0 Å². The van der Waals surface area contributed by atoms with Crippen molar-refractivity contribution in [2.45, 2.75) is 34.2 Å². The minimum atomic E-state index is 0.739. The zero-order valence-corrected chi connectivity index (χ0v) is 10.3. The van der Waals surface area contributed by atoms with Crippen molar-refractivity contribution >= 4 is 11.3 Å². The van der Waals surface area contributed by atoms with Crippen molar-refractivity contribution in [1.82, 2.24) is 10.3 Å². The van der Waals surface area contributed by atoms with Crippen molar-refractivity contribution in [2.24, 2.45) is 11.8 Å². The molecule has 0 spiro atoms. The van der Waals surface area contributed by atoms with Crippen LogP contribution in [0.3, 0.4) is 0 Å². The molecule has 1 N–H and O–H groups in total. The van der Waals surface area contributed by atoms with Crippen LogP contribution in [0.2, 0.25) is 0 Å². The van der Waals surface area contributed by atoms with Crippen LogP contribution < -0.4 is 5.32 Å². The van der Waals surface area contributed by atoms with E-state index in [9.17, 15) is 0 Å². The Bertz CT molecular complexity index is 268. The topological polar surface area (TPSA) is 24.9 Å². The van der Waals surface area contributed by atoms with E-state index in [4.69, 9.17) is 0 Å². The first kappa shape index (κ1) is 11.7. The fourth-order valence-electron chi connectivity index (χ4n) is 1.14. The summed E-state index contributed by atoms with van der Waals surface area (Å²) in [6, 6.07) is 0. The Morgan fingerprint density at radius 3 is 2.64 bits per heavy atom. The summed E-state index contributed by atoms with van der Waals surface area (Å²) < 4.78 is 0. The molecule has 14 heavy (non-hydrogen) atoms. The molecule has 0 amide bonds. The van der Waals surface area contributed by atoms with Crippen molar-refractivity contribution in [3.63, 3.8) is 0 Å². The minimum Gasteiger partial charge on any atom is -0.312 e. The van der Waals surface area contributed by atoms with Crippen LogP contribution in [0.15, 0.2) is 5.51 Å². The summed E-state index contributed by atoms with van der Waals surface area (Å²) in [5, 5.41) is 3.48. The molecule has 0 saturated carbocycles. The normalized spacial score (nSPS) is 13.5. The molecule has 1 rings (SSSR count). The monoisotopic (exact) mass is 212 g/mol. The van der Waals surface area contributed by atoms with Crippen molar-refractivity contribution in [3.8, 4) is 0 Å². The maximum Gasteiger partial charge on any atom is 0.0798 e. The third-order valence-corrected chi connectivity index (χ3v) is 3.67. The van der Waals surface area contributed by atoms with Crippen LogP contribution in [0, 0.1) is 18.8 Å². The zero-order chi connectivity index (χ0) is 10.6. The largest absolute Gasteiger partial charge is 0.312 e. The molecule has 1 unspecified atom stereocenters. The van der Waals surface area contributed by atoms with E-state index in [0.29, 0.717) is 0 Å². The second kappa shape index (κ2) is 5.47. The van der Waals surface area contributed by atoms with Crippen LogP contribution in [-0.2, 0) is 6.54 Å². The highest BCUT2D eigenvalue weighted by Crippen LogP contribution is 2.12. The highest BCUT2D eigenvalue weighted by Gasteiger charge is 2.07. The van der Waals surface area contributed by atoms with Crippen LogP contribution in [0.25, 0.3) is 0 Å². The van der Waals surface area contributed by atoms with E-state index in [-0.39, 0.29) is 0 Å². The molecule has 80 valence electrons. The number of rotatable bonds is 5. The number of nitrogens with one attached hydrogen (secondary N) is 1. The van der Waals surface area contributed by atoms with Crippen LogP contribution in [0.5, 0.6) is 0 Å². The summed E-state index contributed by atoms with van der Waals surface area (Å²) in [7, 11) is 0. The summed E-state index contributed by atoms with van der Waals surface area (Å²) in [4.78, 5) is 5.59. The van der Waals surface area contributed by atoms with E-state index in [1.807, 2.05) is 5.51 Å². The summed E-state index contributed by atoms with van der Waals surface area (Å²) >= 11 is 1.74. The Morgan fingerprint density at radius 2 is 2.14 bits per heavy atom. The number of aryl methyl sites for hydroxylation is 1. The zero-order valence-electron chi connectivity index (χ0n) is 9.50. The lowest BCUT2D eigenvalue weighted by Crippen LogP contribution is -2.23. The third-order valence-electron chi connectivity index (χ3n) is 2.73. The molecular formula is C11H20N2S. The second-order valence-corrected chi connectivity index (χ2v) is 5.15. The second-order valence-electron chi connectivity index (χ2n) is 4.21. The quantitative estimate of drug-likeness (QED) is 0.812. The Morgan fingerprint density at radius 1 is 1.43 bits per heavy atom. The molecule has 0 fully saturated rings. The average Bonchev–Trinajstić information content (AvgIpc) is 2.51. The highest BCUT2D eigenvalue weighted by molar-refractivity contribution is 7.09. The van der Waals surface area contributed by atoms with Gasteiger partial charge in [-0.25, -0.2) is 4.98 Å². The molecule has 0 aliphatic carbocycles. The number of thiazole rings is 1. The predicted molar refractivity (Wildman–Crippen MR) is 62.6 cm³/mol. The van der Waals surface area contributed by atoms with Gasteiger partial charge in [0, 0.05) is 11.4 Å². The average molecular weight is 212 g/mol. The molecule has 1 heterocycles. The molecule has 3 heteroatoms. The van der Waals surface area contributed by atoms with E-state index < -0.39 is 0 Å². The van der Waals surface area contributed by atoms with Gasteiger partial charge >= 0.3 is 0 Å². The molecule has 1 aromatic rings. The molecule has 0 radical (unpaired) electrons. The summed E-state index contributed by atoms with van der Waals surface area (Å²) in [6.07, 6.45) is 0. The first-order chi connectivity index (χ1) is 6.61. The number of hydrogen-bond donors (Lipinski definition) is 1. The van der Waals surface area contributed by atoms with Crippen LogP contribution in [-0.4, -0.2) is 11.5 Å². The molecule has 0 aromatic carbocycles. The maximum atomic E-state index is 4.23. The lowest BCUT2D eigenvalue weighted by atomic mass is 9.98. The molecule has 0 bridgehead atoms. The van der Waals surface area contributed by atoms with Gasteiger partial charge in [0.05, 0.1) is 11.2 Å². The Balaban J connectivity index is 2.25. The van der Waals surface area contributed by atoms with E-state index in [1.165, 1.54) is 10.6 Å². The maximum absolute atomic E-state index is 4.23. The fourth-order valence-corrected chi connectivity index (χ4v) is 1.89. The van der Waals surface area contributed by atoms with Gasteiger partial charge in [-0.05, 0) is 25.3 Å². The number of aromatic nitrogens is 1. The molecular weight excluding hydrogens is 192 g/mol. The van der Waals surface area contributed by atoms with Gasteiger partial charge in [0.1, 0.15) is 0 Å². The molecule has 0 saturated heterocycles. The fraction of sp³-hybridized carbons (Fsp3) is 0.727. The minimum absolute atomic E-state index is 0.739. The number of hydrogen-bond acceptors (Lipinski definition) is 3. The first-order valence-electron chi connectivity index (χ1n) is 5.21. The third kappa shape index (κ3) is 3.39. The van der Waals surface area contributed by atoms with Crippen LogP contribution in [0.1, 0.15) is 31.3 Å². The van der Waals surface area contributed by atoms with Gasteiger partial charge < -0.3 is 5.32 Å². The summed E-state index contributed by atoms with van der Waals surface area (Å²) in [5.41, 5.74) is 3.08. The van der Waals surface area contributed by atoms with Crippen molar-refractivity contribution in [2.75, 3.05) is 6.54 Å². The van der Waals surface area contributed by atoms with E-state index >= 15 is 0 Å². The Kier molecular flexibility index (Phi) is 4.55. The van der Waals surface area contributed by atoms with E-state index in [2.05, 4.69) is 38.0 Å². The first-order valence-corrected chi connectivity index (χ1v) is 6.09. The summed E-state index contributed by atoms with van der Waals surface area (Å²) in [6.45, 7) is 11.0. The van der Waals surface area contributed by atoms with Gasteiger partial charge in [-0.15, -0.1) is 11.3 Å². The lowest BCUT2D eigenvalue weighted by Gasteiger charge is -2.15. The van der Waals surface area contributed by atoms with Crippen molar-refractivity contribution in [1.29, 1.82) is 0 Å². The number of nitrogens with zero attached hydrogens (tertiary/aromatic N) is 1. The van der Waals surface area contributed by atoms with Gasteiger partial charge in [-0.1, -0.05) is 20.8 Å². The molecule has 1 atom stereocenters. The lowest BCUT2D eigenvalue weighted by molar-refractivity contribution is 0.393. The Hall–Kier alpha value is -0.410. The standard InChI is InChI=1S/C11H20N2S/c1-8(2)9(3)5-12-6-11-10(4)13-7-14-11/h7-9,12H,5-6H2,1-4H3. The van der Waals surface area contributed by atoms with Gasteiger partial charge in [0.25, 0.3) is 0 Å². The van der Waals surface area contributed by atoms with Crippen LogP contribution >= 0.6 is 11.3 Å². The van der Waals surface area contributed by atoms with Gasteiger partial charge in [-0.3, -0.25) is 0 Å². The Labute approximate surface area is 90.8 Å². The summed E-state index contributed by atoms with van der Waals surface area (Å²) in [5.74, 6) is 1.49. The van der Waals surface area contributed by atoms with E-state index in [1.54, 1.807) is 11.3 Å².